The summed E-state index contributed by atoms with van der Waals surface area (Å²) in [5, 5.41) is 0.956. The fraction of sp³-hybridized carbons (Fsp3) is 0.125. The van der Waals surface area contributed by atoms with Crippen molar-refractivity contribution in [3.8, 4) is 23.0 Å². The van der Waals surface area contributed by atoms with Crippen LogP contribution in [0.1, 0.15) is 21.5 Å². The molecule has 0 saturated heterocycles. The third kappa shape index (κ3) is 4.48. The Morgan fingerprint density at radius 1 is 0.903 bits per heavy atom. The number of rotatable bonds is 6. The number of benzene rings is 3. The molecule has 1 aliphatic heterocycles. The fourth-order valence-electron chi connectivity index (χ4n) is 3.13. The van der Waals surface area contributed by atoms with Gasteiger partial charge >= 0.3 is 0 Å². The Bertz CT molecular complexity index is 1190. The van der Waals surface area contributed by atoms with Crippen molar-refractivity contribution in [2.75, 3.05) is 14.2 Å². The summed E-state index contributed by atoms with van der Waals surface area (Å²) in [5.74, 6) is 2.25. The third-order valence-corrected chi connectivity index (χ3v) is 5.50. The first-order valence-electron chi connectivity index (χ1n) is 9.35. The third-order valence-electron chi connectivity index (χ3n) is 4.76. The highest BCUT2D eigenvalue weighted by atomic mass is 35.5. The predicted octanol–water partition coefficient (Wildman–Crippen LogP) is 6.21. The van der Waals surface area contributed by atoms with Crippen molar-refractivity contribution in [3.63, 3.8) is 0 Å². The summed E-state index contributed by atoms with van der Waals surface area (Å²) in [6.45, 7) is 0.301. The van der Waals surface area contributed by atoms with Crippen molar-refractivity contribution >= 4 is 35.1 Å². The zero-order valence-electron chi connectivity index (χ0n) is 16.8. The molecule has 0 saturated carbocycles. The van der Waals surface area contributed by atoms with E-state index in [2.05, 4.69) is 0 Å². The van der Waals surface area contributed by atoms with Crippen molar-refractivity contribution in [1.82, 2.24) is 0 Å². The normalized spacial score (nSPS) is 13.7. The SMILES string of the molecule is COc1ccc(/C=C2\Oc3cc(OCc4ccc(Cl)c(Cl)c4)ccc3C2=O)c(OC)c1. The van der Waals surface area contributed by atoms with Crippen LogP contribution in [0.4, 0.5) is 0 Å². The number of hydrogen-bond acceptors (Lipinski definition) is 5. The molecule has 3 aromatic carbocycles. The van der Waals surface area contributed by atoms with Crippen molar-refractivity contribution in [1.29, 1.82) is 0 Å². The second-order valence-electron chi connectivity index (χ2n) is 6.74. The zero-order valence-corrected chi connectivity index (χ0v) is 18.3. The van der Waals surface area contributed by atoms with Crippen LogP contribution in [0.2, 0.25) is 10.0 Å². The molecule has 0 aliphatic carbocycles. The lowest BCUT2D eigenvalue weighted by molar-refractivity contribution is 0.101. The number of methoxy groups -OCH3 is 2. The van der Waals surface area contributed by atoms with Crippen LogP contribution in [0, 0.1) is 0 Å². The maximum Gasteiger partial charge on any atom is 0.231 e. The number of halogens is 2. The van der Waals surface area contributed by atoms with E-state index in [9.17, 15) is 4.79 Å². The summed E-state index contributed by atoms with van der Waals surface area (Å²) in [6.07, 6.45) is 1.65. The number of allylic oxidation sites excluding steroid dienone is 1. The first-order chi connectivity index (χ1) is 15.0. The van der Waals surface area contributed by atoms with Gasteiger partial charge < -0.3 is 18.9 Å². The summed E-state index contributed by atoms with van der Waals surface area (Å²) < 4.78 is 22.2. The van der Waals surface area contributed by atoms with E-state index in [1.54, 1.807) is 68.8 Å². The molecule has 0 fully saturated rings. The van der Waals surface area contributed by atoms with Crippen molar-refractivity contribution in [2.24, 2.45) is 0 Å². The highest BCUT2D eigenvalue weighted by molar-refractivity contribution is 6.42. The average Bonchev–Trinajstić information content (AvgIpc) is 3.09. The van der Waals surface area contributed by atoms with Crippen LogP contribution in [0.25, 0.3) is 6.08 Å². The van der Waals surface area contributed by atoms with Crippen LogP contribution >= 0.6 is 23.2 Å². The second kappa shape index (κ2) is 8.92. The molecule has 158 valence electrons. The van der Waals surface area contributed by atoms with Gasteiger partial charge in [0.05, 0.1) is 29.8 Å². The Labute approximate surface area is 189 Å². The van der Waals surface area contributed by atoms with Gasteiger partial charge in [0.1, 0.15) is 29.6 Å². The highest BCUT2D eigenvalue weighted by Crippen LogP contribution is 2.36. The van der Waals surface area contributed by atoms with Gasteiger partial charge in [-0.05, 0) is 48.0 Å². The average molecular weight is 457 g/mol. The molecular formula is C24H18Cl2O5. The van der Waals surface area contributed by atoms with Gasteiger partial charge in [0, 0.05) is 17.7 Å². The number of carbonyl (C=O) groups excluding carboxylic acids is 1. The number of hydrogen-bond donors (Lipinski definition) is 0. The Hall–Kier alpha value is -3.15. The van der Waals surface area contributed by atoms with Crippen LogP contribution < -0.4 is 18.9 Å². The largest absolute Gasteiger partial charge is 0.497 e. The monoisotopic (exact) mass is 456 g/mol. The Balaban J connectivity index is 1.53. The molecule has 1 aliphatic rings. The Morgan fingerprint density at radius 2 is 1.71 bits per heavy atom. The Kier molecular flexibility index (Phi) is 6.07. The van der Waals surface area contributed by atoms with E-state index in [-0.39, 0.29) is 11.5 Å². The lowest BCUT2D eigenvalue weighted by atomic mass is 10.1. The first-order valence-corrected chi connectivity index (χ1v) is 10.1. The molecule has 0 N–H and O–H groups in total. The summed E-state index contributed by atoms with van der Waals surface area (Å²) in [5.41, 5.74) is 2.05. The second-order valence-corrected chi connectivity index (χ2v) is 7.56. The van der Waals surface area contributed by atoms with Gasteiger partial charge in [-0.15, -0.1) is 0 Å². The number of ketones is 1. The fourth-order valence-corrected chi connectivity index (χ4v) is 3.45. The van der Waals surface area contributed by atoms with Gasteiger partial charge in [0.15, 0.2) is 5.76 Å². The van der Waals surface area contributed by atoms with E-state index in [0.29, 0.717) is 50.8 Å². The number of carbonyl (C=O) groups is 1. The molecule has 0 aromatic heterocycles. The van der Waals surface area contributed by atoms with Gasteiger partial charge in [-0.25, -0.2) is 0 Å². The van der Waals surface area contributed by atoms with Gasteiger partial charge in [0.25, 0.3) is 0 Å². The molecule has 0 unspecified atom stereocenters. The summed E-state index contributed by atoms with van der Waals surface area (Å²) in [4.78, 5) is 12.8. The van der Waals surface area contributed by atoms with Gasteiger partial charge in [-0.2, -0.15) is 0 Å². The maximum atomic E-state index is 12.8. The minimum Gasteiger partial charge on any atom is -0.497 e. The molecule has 4 rings (SSSR count). The molecule has 31 heavy (non-hydrogen) atoms. The quantitative estimate of drug-likeness (QED) is 0.412. The highest BCUT2D eigenvalue weighted by Gasteiger charge is 2.28. The van der Waals surface area contributed by atoms with Gasteiger partial charge in [-0.1, -0.05) is 29.3 Å². The van der Waals surface area contributed by atoms with E-state index in [1.165, 1.54) is 0 Å². The molecule has 1 heterocycles. The molecule has 3 aromatic rings. The number of fused-ring (bicyclic) bond motifs is 1. The lowest BCUT2D eigenvalue weighted by Gasteiger charge is -2.08. The molecule has 0 radical (unpaired) electrons. The topological polar surface area (TPSA) is 54.0 Å². The minimum atomic E-state index is -0.205. The smallest absolute Gasteiger partial charge is 0.231 e. The molecule has 5 nitrogen and oxygen atoms in total. The maximum absolute atomic E-state index is 12.8. The van der Waals surface area contributed by atoms with E-state index >= 15 is 0 Å². The van der Waals surface area contributed by atoms with Crippen molar-refractivity contribution < 1.29 is 23.7 Å². The molecule has 0 amide bonds. The molecule has 0 spiro atoms. The number of Topliss-reactive ketones (excluding diaryl/α,β-unsaturated/α-hetero) is 1. The van der Waals surface area contributed by atoms with Gasteiger partial charge in [-0.3, -0.25) is 4.79 Å². The van der Waals surface area contributed by atoms with E-state index in [0.717, 1.165) is 5.56 Å². The summed E-state index contributed by atoms with van der Waals surface area (Å²) >= 11 is 12.0. The minimum absolute atomic E-state index is 0.205. The van der Waals surface area contributed by atoms with Crippen LogP contribution in [0.3, 0.4) is 0 Å². The van der Waals surface area contributed by atoms with Gasteiger partial charge in [0.2, 0.25) is 5.78 Å². The van der Waals surface area contributed by atoms with E-state index < -0.39 is 0 Å². The van der Waals surface area contributed by atoms with Crippen molar-refractivity contribution in [3.05, 3.63) is 87.1 Å². The molecule has 0 atom stereocenters. The number of ether oxygens (including phenoxy) is 4. The van der Waals surface area contributed by atoms with Crippen LogP contribution in [0.15, 0.2) is 60.4 Å². The Morgan fingerprint density at radius 3 is 2.45 bits per heavy atom. The van der Waals surface area contributed by atoms with E-state index in [4.69, 9.17) is 42.1 Å². The van der Waals surface area contributed by atoms with Crippen LogP contribution in [0.5, 0.6) is 23.0 Å². The zero-order chi connectivity index (χ0) is 22.0. The van der Waals surface area contributed by atoms with Crippen LogP contribution in [-0.2, 0) is 6.61 Å². The molecule has 7 heteroatoms. The molecule has 0 bridgehead atoms. The summed E-state index contributed by atoms with van der Waals surface area (Å²) in [6, 6.07) is 15.8. The van der Waals surface area contributed by atoms with Crippen molar-refractivity contribution in [2.45, 2.75) is 6.61 Å². The van der Waals surface area contributed by atoms with Crippen LogP contribution in [-0.4, -0.2) is 20.0 Å². The molecular weight excluding hydrogens is 439 g/mol. The standard InChI is InChI=1S/C24H18Cl2O5/c1-28-16-5-4-15(21(11-16)29-2)10-23-24(27)18-7-6-17(12-22(18)31-23)30-13-14-3-8-19(25)20(26)9-14/h3-12H,13H2,1-2H3/b23-10-. The summed E-state index contributed by atoms with van der Waals surface area (Å²) in [7, 11) is 3.13. The first kappa shape index (κ1) is 21.1. The van der Waals surface area contributed by atoms with E-state index in [1.807, 2.05) is 6.07 Å². The predicted molar refractivity (Wildman–Crippen MR) is 120 cm³/mol. The lowest BCUT2D eigenvalue weighted by Crippen LogP contribution is -1.99.